The highest BCUT2D eigenvalue weighted by Crippen LogP contribution is 2.08. The molecule has 0 fully saturated rings. The maximum Gasteiger partial charge on any atom is 0.213 e. The number of nitrogens with zero attached hydrogens (tertiary/aromatic N) is 1. The van der Waals surface area contributed by atoms with Crippen LogP contribution in [0.25, 0.3) is 0 Å². The minimum absolute atomic E-state index is 0.0733. The Bertz CT molecular complexity index is 325. The zero-order valence-electron chi connectivity index (χ0n) is 8.77. The first kappa shape index (κ1) is 11.7. The summed E-state index contributed by atoms with van der Waals surface area (Å²) in [5, 5.41) is 8.56. The number of aromatic nitrogens is 1. The molecule has 0 amide bonds. The molecule has 0 unspecified atom stereocenters. The normalized spacial score (nSPS) is 10.0. The smallest absolute Gasteiger partial charge is 0.213 e. The molecule has 1 N–H and O–H groups in total. The van der Waals surface area contributed by atoms with E-state index < -0.39 is 0 Å². The molecule has 0 aliphatic rings. The van der Waals surface area contributed by atoms with Gasteiger partial charge in [0.2, 0.25) is 5.88 Å². The molecule has 0 aliphatic heterocycles. The molecule has 1 aromatic rings. The van der Waals surface area contributed by atoms with E-state index in [1.165, 1.54) is 6.92 Å². The summed E-state index contributed by atoms with van der Waals surface area (Å²) >= 11 is 0. The van der Waals surface area contributed by atoms with E-state index in [4.69, 9.17) is 9.84 Å². The third-order valence-electron chi connectivity index (χ3n) is 1.89. The van der Waals surface area contributed by atoms with Gasteiger partial charge >= 0.3 is 0 Å². The molecule has 15 heavy (non-hydrogen) atoms. The molecule has 0 atom stereocenters. The first-order valence-electron chi connectivity index (χ1n) is 4.95. The Balaban J connectivity index is 2.47. The van der Waals surface area contributed by atoms with Gasteiger partial charge in [0.25, 0.3) is 0 Å². The average Bonchev–Trinajstić information content (AvgIpc) is 2.25. The zero-order chi connectivity index (χ0) is 11.1. The van der Waals surface area contributed by atoms with Crippen molar-refractivity contribution >= 4 is 5.78 Å². The topological polar surface area (TPSA) is 59.4 Å². The Kier molecular flexibility index (Phi) is 4.77. The summed E-state index contributed by atoms with van der Waals surface area (Å²) in [4.78, 5) is 15.1. The monoisotopic (exact) mass is 209 g/mol. The van der Waals surface area contributed by atoms with Gasteiger partial charge < -0.3 is 9.84 Å². The van der Waals surface area contributed by atoms with Gasteiger partial charge in [-0.2, -0.15) is 0 Å². The van der Waals surface area contributed by atoms with E-state index in [1.807, 2.05) is 0 Å². The van der Waals surface area contributed by atoms with Crippen molar-refractivity contribution in [3.8, 4) is 5.88 Å². The number of pyridine rings is 1. The van der Waals surface area contributed by atoms with Gasteiger partial charge in [0.05, 0.1) is 6.61 Å². The average molecular weight is 209 g/mol. The van der Waals surface area contributed by atoms with Crippen molar-refractivity contribution < 1.29 is 14.6 Å². The molecule has 4 nitrogen and oxygen atoms in total. The first-order valence-corrected chi connectivity index (χ1v) is 4.95. The predicted molar refractivity (Wildman–Crippen MR) is 56.1 cm³/mol. The molecule has 0 aliphatic carbocycles. The van der Waals surface area contributed by atoms with Gasteiger partial charge in [-0.1, -0.05) is 6.07 Å². The SMILES string of the molecule is CC(=O)c1cccc(OCCCCO)n1. The number of aliphatic hydroxyl groups excluding tert-OH is 1. The highest BCUT2D eigenvalue weighted by Gasteiger charge is 2.02. The molecule has 0 radical (unpaired) electrons. The van der Waals surface area contributed by atoms with Gasteiger partial charge in [-0.25, -0.2) is 4.98 Å². The lowest BCUT2D eigenvalue weighted by Crippen LogP contribution is -2.03. The molecule has 4 heteroatoms. The summed E-state index contributed by atoms with van der Waals surface area (Å²) in [6, 6.07) is 5.11. The summed E-state index contributed by atoms with van der Waals surface area (Å²) in [5.41, 5.74) is 0.412. The lowest BCUT2D eigenvalue weighted by atomic mass is 10.3. The maximum atomic E-state index is 11.0. The van der Waals surface area contributed by atoms with E-state index in [-0.39, 0.29) is 12.4 Å². The van der Waals surface area contributed by atoms with Crippen molar-refractivity contribution in [3.63, 3.8) is 0 Å². The van der Waals surface area contributed by atoms with Crippen LogP contribution in [0.3, 0.4) is 0 Å². The molecule has 0 aromatic carbocycles. The van der Waals surface area contributed by atoms with Crippen LogP contribution in [-0.4, -0.2) is 29.1 Å². The van der Waals surface area contributed by atoms with Gasteiger partial charge in [0.15, 0.2) is 5.78 Å². The van der Waals surface area contributed by atoms with E-state index in [1.54, 1.807) is 18.2 Å². The van der Waals surface area contributed by atoms with Crippen LogP contribution >= 0.6 is 0 Å². The van der Waals surface area contributed by atoms with Crippen molar-refractivity contribution in [1.29, 1.82) is 0 Å². The third-order valence-corrected chi connectivity index (χ3v) is 1.89. The molecule has 1 aromatic heterocycles. The number of carbonyl (C=O) groups excluding carboxylic acids is 1. The summed E-state index contributed by atoms with van der Waals surface area (Å²) in [6.07, 6.45) is 1.49. The fraction of sp³-hybridized carbons (Fsp3) is 0.455. The minimum atomic E-state index is -0.0733. The van der Waals surface area contributed by atoms with Gasteiger partial charge in [-0.3, -0.25) is 4.79 Å². The second kappa shape index (κ2) is 6.14. The number of rotatable bonds is 6. The molecule has 0 spiro atoms. The van der Waals surface area contributed by atoms with Crippen LogP contribution in [0, 0.1) is 0 Å². The fourth-order valence-corrected chi connectivity index (χ4v) is 1.08. The van der Waals surface area contributed by atoms with E-state index in [2.05, 4.69) is 4.98 Å². The fourth-order valence-electron chi connectivity index (χ4n) is 1.08. The first-order chi connectivity index (χ1) is 7.24. The van der Waals surface area contributed by atoms with E-state index in [9.17, 15) is 4.79 Å². The van der Waals surface area contributed by atoms with Gasteiger partial charge in [0, 0.05) is 19.6 Å². The van der Waals surface area contributed by atoms with E-state index in [0.29, 0.717) is 24.6 Å². The van der Waals surface area contributed by atoms with Crippen molar-refractivity contribution in [2.75, 3.05) is 13.2 Å². The lowest BCUT2D eigenvalue weighted by molar-refractivity contribution is 0.101. The number of hydrogen-bond acceptors (Lipinski definition) is 4. The molecule has 82 valence electrons. The van der Waals surface area contributed by atoms with Gasteiger partial charge in [0.1, 0.15) is 5.69 Å². The minimum Gasteiger partial charge on any atom is -0.478 e. The number of aliphatic hydroxyl groups is 1. The number of ketones is 1. The number of hydrogen-bond donors (Lipinski definition) is 1. The second-order valence-electron chi connectivity index (χ2n) is 3.20. The van der Waals surface area contributed by atoms with Crippen LogP contribution in [0.4, 0.5) is 0 Å². The Labute approximate surface area is 88.9 Å². The maximum absolute atomic E-state index is 11.0. The van der Waals surface area contributed by atoms with Crippen molar-refractivity contribution in [2.45, 2.75) is 19.8 Å². The third kappa shape index (κ3) is 4.08. The predicted octanol–water partition coefficient (Wildman–Crippen LogP) is 1.44. The Morgan fingerprint density at radius 2 is 2.27 bits per heavy atom. The van der Waals surface area contributed by atoms with Crippen LogP contribution in [0.2, 0.25) is 0 Å². The van der Waals surface area contributed by atoms with Crippen molar-refractivity contribution in [3.05, 3.63) is 23.9 Å². The molecule has 0 bridgehead atoms. The Morgan fingerprint density at radius 3 is 2.93 bits per heavy atom. The van der Waals surface area contributed by atoms with E-state index >= 15 is 0 Å². The number of ether oxygens (including phenoxy) is 1. The summed E-state index contributed by atoms with van der Waals surface area (Å²) in [6.45, 7) is 2.15. The Morgan fingerprint density at radius 1 is 1.47 bits per heavy atom. The molecule has 1 rings (SSSR count). The van der Waals surface area contributed by atoms with Crippen LogP contribution in [0.15, 0.2) is 18.2 Å². The van der Waals surface area contributed by atoms with Gasteiger partial charge in [-0.05, 0) is 18.9 Å². The quantitative estimate of drug-likeness (QED) is 0.569. The van der Waals surface area contributed by atoms with Gasteiger partial charge in [-0.15, -0.1) is 0 Å². The zero-order valence-corrected chi connectivity index (χ0v) is 8.77. The highest BCUT2D eigenvalue weighted by molar-refractivity contribution is 5.92. The van der Waals surface area contributed by atoms with Crippen LogP contribution in [0.5, 0.6) is 5.88 Å². The summed E-state index contributed by atoms with van der Waals surface area (Å²) in [7, 11) is 0. The molecular weight excluding hydrogens is 194 g/mol. The van der Waals surface area contributed by atoms with Crippen molar-refractivity contribution in [2.24, 2.45) is 0 Å². The number of Topliss-reactive ketones (excluding diaryl/α,β-unsaturated/α-hetero) is 1. The standard InChI is InChI=1S/C11H15NO3/c1-9(14)10-5-4-6-11(12-10)15-8-3-2-7-13/h4-6,13H,2-3,7-8H2,1H3. The number of carbonyl (C=O) groups is 1. The van der Waals surface area contributed by atoms with Crippen LogP contribution in [0.1, 0.15) is 30.3 Å². The Hall–Kier alpha value is -1.42. The van der Waals surface area contributed by atoms with Crippen molar-refractivity contribution in [1.82, 2.24) is 4.98 Å². The summed E-state index contributed by atoms with van der Waals surface area (Å²) < 4.78 is 5.32. The highest BCUT2D eigenvalue weighted by atomic mass is 16.5. The molecule has 1 heterocycles. The van der Waals surface area contributed by atoms with Crippen LogP contribution < -0.4 is 4.74 Å². The number of unbranched alkanes of at least 4 members (excludes halogenated alkanes) is 1. The second-order valence-corrected chi connectivity index (χ2v) is 3.20. The van der Waals surface area contributed by atoms with Crippen LogP contribution in [-0.2, 0) is 0 Å². The molecule has 0 saturated heterocycles. The largest absolute Gasteiger partial charge is 0.478 e. The van der Waals surface area contributed by atoms with E-state index in [0.717, 1.165) is 6.42 Å². The molecular formula is C11H15NO3. The molecule has 0 saturated carbocycles. The lowest BCUT2D eigenvalue weighted by Gasteiger charge is -2.04. The summed E-state index contributed by atoms with van der Waals surface area (Å²) in [5.74, 6) is 0.386.